The molecule has 1 unspecified atom stereocenters. The molecule has 1 amide bonds. The van der Waals surface area contributed by atoms with Gasteiger partial charge < -0.3 is 9.47 Å². The quantitative estimate of drug-likeness (QED) is 0.465. The third-order valence-electron chi connectivity index (χ3n) is 5.61. The van der Waals surface area contributed by atoms with Crippen LogP contribution >= 0.6 is 11.6 Å². The monoisotopic (exact) mass is 484 g/mol. The lowest BCUT2D eigenvalue weighted by Crippen LogP contribution is -2.41. The first-order valence-corrected chi connectivity index (χ1v) is 12.0. The topological polar surface area (TPSA) is 84.3 Å². The average Bonchev–Trinajstić information content (AvgIpc) is 3.44. The van der Waals surface area contributed by atoms with Gasteiger partial charge in [-0.25, -0.2) is 17.8 Å². The van der Waals surface area contributed by atoms with E-state index in [0.29, 0.717) is 16.1 Å². The Morgan fingerprint density at radius 3 is 2.61 bits per heavy atom. The summed E-state index contributed by atoms with van der Waals surface area (Å²) in [5, 5.41) is 2.07. The fourth-order valence-corrected chi connectivity index (χ4v) is 5.37. The van der Waals surface area contributed by atoms with Gasteiger partial charge >= 0.3 is 0 Å². The number of hydrogen-bond acceptors (Lipinski definition) is 4. The van der Waals surface area contributed by atoms with Gasteiger partial charge in [-0.15, -0.1) is 0 Å². The Bertz CT molecular complexity index is 1470. The van der Waals surface area contributed by atoms with Crippen molar-refractivity contribution in [2.24, 2.45) is 0 Å². The van der Waals surface area contributed by atoms with E-state index < -0.39 is 27.8 Å². The van der Waals surface area contributed by atoms with Gasteiger partial charge in [-0.05, 0) is 53.6 Å². The van der Waals surface area contributed by atoms with Gasteiger partial charge in [0.05, 0.1) is 16.9 Å². The van der Waals surface area contributed by atoms with Gasteiger partial charge in [-0.1, -0.05) is 23.7 Å². The molecule has 4 aromatic rings. The van der Waals surface area contributed by atoms with E-state index in [1.165, 1.54) is 29.2 Å². The number of imidazole rings is 1. The summed E-state index contributed by atoms with van der Waals surface area (Å²) in [5.41, 5.74) is 0.670. The van der Waals surface area contributed by atoms with E-state index in [9.17, 15) is 17.6 Å². The van der Waals surface area contributed by atoms with E-state index in [1.807, 2.05) is 0 Å². The molecule has 10 heteroatoms. The molecule has 0 radical (unpaired) electrons. The minimum atomic E-state index is -3.96. The molecule has 0 spiro atoms. The van der Waals surface area contributed by atoms with Crippen molar-refractivity contribution in [1.29, 1.82) is 0 Å². The highest BCUT2D eigenvalue weighted by Crippen LogP contribution is 2.28. The molecule has 1 aromatic heterocycles. The molecular formula is C23H18ClFN4O3S. The van der Waals surface area contributed by atoms with Gasteiger partial charge in [-0.3, -0.25) is 4.79 Å². The van der Waals surface area contributed by atoms with E-state index in [-0.39, 0.29) is 23.5 Å². The van der Waals surface area contributed by atoms with Crippen LogP contribution in [0.3, 0.4) is 0 Å². The Balaban J connectivity index is 1.36. The molecule has 1 saturated heterocycles. The van der Waals surface area contributed by atoms with Crippen molar-refractivity contribution in [3.63, 3.8) is 0 Å². The van der Waals surface area contributed by atoms with E-state index in [0.717, 1.165) is 5.39 Å². The van der Waals surface area contributed by atoms with Crippen LogP contribution in [0.25, 0.3) is 16.5 Å². The van der Waals surface area contributed by atoms with Crippen LogP contribution in [0.2, 0.25) is 5.02 Å². The van der Waals surface area contributed by atoms with Gasteiger partial charge in [0, 0.05) is 35.7 Å². The van der Waals surface area contributed by atoms with Crippen molar-refractivity contribution in [3.8, 4) is 5.69 Å². The van der Waals surface area contributed by atoms with Crippen molar-refractivity contribution in [3.05, 3.63) is 84.2 Å². The van der Waals surface area contributed by atoms with Gasteiger partial charge in [0.2, 0.25) is 15.9 Å². The maximum absolute atomic E-state index is 14.8. The van der Waals surface area contributed by atoms with Crippen LogP contribution in [0.1, 0.15) is 6.42 Å². The summed E-state index contributed by atoms with van der Waals surface area (Å²) >= 11 is 5.98. The number of halogens is 2. The summed E-state index contributed by atoms with van der Waals surface area (Å²) in [4.78, 5) is 18.2. The third kappa shape index (κ3) is 4.10. The summed E-state index contributed by atoms with van der Waals surface area (Å²) in [5.74, 6) is -1.08. The van der Waals surface area contributed by atoms with E-state index >= 15 is 0 Å². The number of sulfonamides is 1. The van der Waals surface area contributed by atoms with Crippen molar-refractivity contribution < 1.29 is 17.6 Å². The smallest absolute Gasteiger partial charge is 0.245 e. The summed E-state index contributed by atoms with van der Waals surface area (Å²) < 4.78 is 44.8. The molecule has 1 atom stereocenters. The number of carbonyl (C=O) groups is 1. The van der Waals surface area contributed by atoms with Crippen LogP contribution in [0, 0.1) is 5.82 Å². The largest absolute Gasteiger partial charge is 0.308 e. The Morgan fingerprint density at radius 2 is 1.85 bits per heavy atom. The second-order valence-electron chi connectivity index (χ2n) is 7.71. The zero-order valence-electron chi connectivity index (χ0n) is 17.2. The molecule has 5 rings (SSSR count). The lowest BCUT2D eigenvalue weighted by molar-refractivity contribution is -0.118. The molecule has 1 fully saturated rings. The maximum Gasteiger partial charge on any atom is 0.245 e. The second kappa shape index (κ2) is 8.26. The second-order valence-corrected chi connectivity index (χ2v) is 9.86. The Hall–Kier alpha value is -3.27. The molecule has 7 nitrogen and oxygen atoms in total. The van der Waals surface area contributed by atoms with E-state index in [1.54, 1.807) is 53.6 Å². The minimum Gasteiger partial charge on any atom is -0.308 e. The lowest BCUT2D eigenvalue weighted by atomic mass is 10.1. The van der Waals surface area contributed by atoms with Crippen LogP contribution in [0.5, 0.6) is 0 Å². The minimum absolute atomic E-state index is 0.0411. The molecule has 1 N–H and O–H groups in total. The standard InChI is InChI=1S/C23H18ClFN4O3S/c24-17-3-1-16-12-19(5-2-15(16)11-17)33(31,32)27-21-7-9-29(23(21)30)22-6-4-18(13-20(22)25)28-10-8-26-14-28/h1-6,8,10-14,21,27H,7,9H2. The van der Waals surface area contributed by atoms with Gasteiger partial charge in [0.1, 0.15) is 11.9 Å². The van der Waals surface area contributed by atoms with Crippen molar-refractivity contribution in [2.45, 2.75) is 17.4 Å². The summed E-state index contributed by atoms with van der Waals surface area (Å²) in [6.45, 7) is 0.198. The highest BCUT2D eigenvalue weighted by Gasteiger charge is 2.36. The molecule has 168 valence electrons. The first kappa shape index (κ1) is 21.6. The zero-order valence-corrected chi connectivity index (χ0v) is 18.7. The van der Waals surface area contributed by atoms with Crippen LogP contribution < -0.4 is 9.62 Å². The van der Waals surface area contributed by atoms with Gasteiger partial charge in [-0.2, -0.15) is 4.72 Å². The highest BCUT2D eigenvalue weighted by atomic mass is 35.5. The fourth-order valence-electron chi connectivity index (χ4n) is 3.93. The number of hydrogen-bond donors (Lipinski definition) is 1. The molecule has 0 bridgehead atoms. The van der Waals surface area contributed by atoms with Crippen LogP contribution in [0.15, 0.2) is 78.2 Å². The number of fused-ring (bicyclic) bond motifs is 1. The molecule has 0 saturated carbocycles. The Morgan fingerprint density at radius 1 is 1.06 bits per heavy atom. The normalized spacial score (nSPS) is 16.6. The highest BCUT2D eigenvalue weighted by molar-refractivity contribution is 7.89. The molecule has 1 aliphatic heterocycles. The molecule has 2 heterocycles. The van der Waals surface area contributed by atoms with Gasteiger partial charge in [0.15, 0.2) is 0 Å². The van der Waals surface area contributed by atoms with Crippen LogP contribution in [-0.4, -0.2) is 36.5 Å². The fraction of sp³-hybridized carbons (Fsp3) is 0.130. The number of carbonyl (C=O) groups excluding carboxylic acids is 1. The Labute approximate surface area is 194 Å². The molecular weight excluding hydrogens is 467 g/mol. The first-order valence-electron chi connectivity index (χ1n) is 10.1. The predicted octanol–water partition coefficient (Wildman–Crippen LogP) is 3.90. The first-order chi connectivity index (χ1) is 15.8. The summed E-state index contributed by atoms with van der Waals surface area (Å²) in [7, 11) is -3.96. The molecule has 3 aromatic carbocycles. The third-order valence-corrected chi connectivity index (χ3v) is 7.32. The number of rotatable bonds is 5. The average molecular weight is 485 g/mol. The Kier molecular flexibility index (Phi) is 5.40. The number of nitrogens with zero attached hydrogens (tertiary/aromatic N) is 3. The number of nitrogens with one attached hydrogen (secondary N) is 1. The molecule has 1 aliphatic rings. The predicted molar refractivity (Wildman–Crippen MR) is 124 cm³/mol. The van der Waals surface area contributed by atoms with Crippen molar-refractivity contribution in [1.82, 2.24) is 14.3 Å². The number of amides is 1. The van der Waals surface area contributed by atoms with Crippen LogP contribution in [-0.2, 0) is 14.8 Å². The summed E-state index contributed by atoms with van der Waals surface area (Å²) in [6, 6.07) is 13.3. The zero-order chi connectivity index (χ0) is 23.2. The van der Waals surface area contributed by atoms with E-state index in [4.69, 9.17) is 11.6 Å². The SMILES string of the molecule is O=C1C(NS(=O)(=O)c2ccc3cc(Cl)ccc3c2)CCN1c1ccc(-n2ccnc2)cc1F. The van der Waals surface area contributed by atoms with Crippen molar-refractivity contribution >= 4 is 44.0 Å². The molecule has 33 heavy (non-hydrogen) atoms. The lowest BCUT2D eigenvalue weighted by Gasteiger charge is -2.19. The number of aromatic nitrogens is 2. The maximum atomic E-state index is 14.8. The molecule has 0 aliphatic carbocycles. The van der Waals surface area contributed by atoms with Crippen molar-refractivity contribution in [2.75, 3.05) is 11.4 Å². The van der Waals surface area contributed by atoms with Gasteiger partial charge in [0.25, 0.3) is 0 Å². The van der Waals surface area contributed by atoms with Crippen LogP contribution in [0.4, 0.5) is 10.1 Å². The van der Waals surface area contributed by atoms with E-state index in [2.05, 4.69) is 9.71 Å². The number of benzene rings is 3. The summed E-state index contributed by atoms with van der Waals surface area (Å²) in [6.07, 6.45) is 5.03. The number of anilines is 1.